The molecule has 25 heavy (non-hydrogen) atoms. The highest BCUT2D eigenvalue weighted by Crippen LogP contribution is 2.23. The first-order valence-corrected chi connectivity index (χ1v) is 8.20. The predicted molar refractivity (Wildman–Crippen MR) is 98.6 cm³/mol. The van der Waals surface area contributed by atoms with Crippen molar-refractivity contribution in [3.8, 4) is 0 Å². The lowest BCUT2D eigenvalue weighted by molar-refractivity contribution is -0.384. The van der Waals surface area contributed by atoms with Gasteiger partial charge in [0.1, 0.15) is 0 Å². The fourth-order valence-corrected chi connectivity index (χ4v) is 2.85. The van der Waals surface area contributed by atoms with Crippen LogP contribution < -0.4 is 10.2 Å². The van der Waals surface area contributed by atoms with Crippen molar-refractivity contribution in [2.75, 3.05) is 23.3 Å². The van der Waals surface area contributed by atoms with Crippen molar-refractivity contribution in [1.82, 2.24) is 0 Å². The Morgan fingerprint density at radius 3 is 2.64 bits per heavy atom. The van der Waals surface area contributed by atoms with Gasteiger partial charge >= 0.3 is 0 Å². The smallest absolute Gasteiger partial charge is 0.270 e. The van der Waals surface area contributed by atoms with Crippen molar-refractivity contribution in [3.05, 3.63) is 70.3 Å². The number of carbonyl (C=O) groups excluding carboxylic acids is 1. The normalized spacial score (nSPS) is 14.0. The zero-order valence-electron chi connectivity index (χ0n) is 13.7. The maximum absolute atomic E-state index is 12.1. The van der Waals surface area contributed by atoms with Crippen molar-refractivity contribution in [2.45, 2.75) is 12.8 Å². The Bertz CT molecular complexity index is 811. The number of amides is 1. The Balaban J connectivity index is 1.65. The number of nitro groups is 1. The van der Waals surface area contributed by atoms with E-state index >= 15 is 0 Å². The molecule has 2 aromatic carbocycles. The quantitative estimate of drug-likeness (QED) is 0.511. The minimum Gasteiger partial charge on any atom is -0.371 e. The van der Waals surface area contributed by atoms with Crippen LogP contribution in [0.5, 0.6) is 0 Å². The number of anilines is 2. The van der Waals surface area contributed by atoms with Crippen LogP contribution in [0.25, 0.3) is 6.08 Å². The molecule has 0 aromatic heterocycles. The van der Waals surface area contributed by atoms with Crippen molar-refractivity contribution in [1.29, 1.82) is 0 Å². The standard InChI is InChI=1S/C19H19N3O3/c23-19(10-9-15-5-3-8-18(13-15)22(24)25)20-16-6-4-7-17(14-16)21-11-1-2-12-21/h3-10,13-14H,1-2,11-12H2,(H,20,23)/b10-9+. The number of nitrogens with one attached hydrogen (secondary N) is 1. The summed E-state index contributed by atoms with van der Waals surface area (Å²) in [5, 5.41) is 13.6. The summed E-state index contributed by atoms with van der Waals surface area (Å²) >= 11 is 0. The van der Waals surface area contributed by atoms with Crippen LogP contribution in [0.4, 0.5) is 17.1 Å². The van der Waals surface area contributed by atoms with Gasteiger partial charge in [0.05, 0.1) is 4.92 Å². The lowest BCUT2D eigenvalue weighted by atomic mass is 10.2. The second kappa shape index (κ2) is 7.61. The van der Waals surface area contributed by atoms with Crippen LogP contribution in [-0.4, -0.2) is 23.9 Å². The maximum Gasteiger partial charge on any atom is 0.270 e. The Kier molecular flexibility index (Phi) is 5.09. The molecule has 0 atom stereocenters. The maximum atomic E-state index is 12.1. The number of hydrogen-bond acceptors (Lipinski definition) is 4. The lowest BCUT2D eigenvalue weighted by Gasteiger charge is -2.18. The van der Waals surface area contributed by atoms with Gasteiger partial charge < -0.3 is 10.2 Å². The van der Waals surface area contributed by atoms with Crippen molar-refractivity contribution in [2.24, 2.45) is 0 Å². The first-order chi connectivity index (χ1) is 12.1. The number of nitrogens with zero attached hydrogens (tertiary/aromatic N) is 2. The van der Waals surface area contributed by atoms with Gasteiger partial charge in [-0.2, -0.15) is 0 Å². The molecule has 1 N–H and O–H groups in total. The van der Waals surface area contributed by atoms with Crippen molar-refractivity contribution in [3.63, 3.8) is 0 Å². The third kappa shape index (κ3) is 4.44. The summed E-state index contributed by atoms with van der Waals surface area (Å²) < 4.78 is 0. The summed E-state index contributed by atoms with van der Waals surface area (Å²) in [6.45, 7) is 2.09. The molecular formula is C19H19N3O3. The van der Waals surface area contributed by atoms with Gasteiger partial charge in [0.2, 0.25) is 5.91 Å². The molecule has 0 aliphatic carbocycles. The fraction of sp³-hybridized carbons (Fsp3) is 0.211. The Labute approximate surface area is 145 Å². The minimum absolute atomic E-state index is 0.000808. The molecule has 1 aliphatic rings. The molecule has 128 valence electrons. The van der Waals surface area contributed by atoms with E-state index in [1.165, 1.54) is 31.1 Å². The summed E-state index contributed by atoms with van der Waals surface area (Å²) in [6.07, 6.45) is 5.33. The van der Waals surface area contributed by atoms with Crippen LogP contribution in [0, 0.1) is 10.1 Å². The molecule has 6 nitrogen and oxygen atoms in total. The highest BCUT2D eigenvalue weighted by molar-refractivity contribution is 6.02. The third-order valence-electron chi connectivity index (χ3n) is 4.09. The van der Waals surface area contributed by atoms with E-state index in [0.29, 0.717) is 5.56 Å². The summed E-state index contributed by atoms with van der Waals surface area (Å²) in [4.78, 5) is 24.7. The third-order valence-corrected chi connectivity index (χ3v) is 4.09. The number of carbonyl (C=O) groups is 1. The topological polar surface area (TPSA) is 75.5 Å². The molecule has 3 rings (SSSR count). The number of non-ortho nitro benzene ring substituents is 1. The van der Waals surface area contributed by atoms with Crippen LogP contribution in [0.1, 0.15) is 18.4 Å². The van der Waals surface area contributed by atoms with E-state index < -0.39 is 4.92 Å². The van der Waals surface area contributed by atoms with Gasteiger partial charge in [-0.15, -0.1) is 0 Å². The summed E-state index contributed by atoms with van der Waals surface area (Å²) in [5.74, 6) is -0.273. The molecule has 1 aliphatic heterocycles. The first kappa shape index (κ1) is 16.7. The predicted octanol–water partition coefficient (Wildman–Crippen LogP) is 3.85. The lowest BCUT2D eigenvalue weighted by Crippen LogP contribution is -2.17. The Hall–Kier alpha value is -3.15. The Morgan fingerprint density at radius 2 is 1.88 bits per heavy atom. The number of rotatable bonds is 5. The van der Waals surface area contributed by atoms with E-state index in [4.69, 9.17) is 0 Å². The van der Waals surface area contributed by atoms with E-state index in [1.54, 1.807) is 18.2 Å². The van der Waals surface area contributed by atoms with Crippen molar-refractivity contribution < 1.29 is 9.72 Å². The SMILES string of the molecule is O=C(/C=C/c1cccc([N+](=O)[O-])c1)Nc1cccc(N2CCCC2)c1. The van der Waals surface area contributed by atoms with E-state index in [1.807, 2.05) is 24.3 Å². The van der Waals surface area contributed by atoms with Crippen LogP contribution in [0.3, 0.4) is 0 Å². The van der Waals surface area contributed by atoms with Crippen LogP contribution in [-0.2, 0) is 4.79 Å². The summed E-state index contributed by atoms with van der Waals surface area (Å²) in [5.41, 5.74) is 2.45. The number of nitro benzene ring substituents is 1. The van der Waals surface area contributed by atoms with Gasteiger partial charge in [0.25, 0.3) is 5.69 Å². The molecule has 1 heterocycles. The molecule has 0 spiro atoms. The first-order valence-electron chi connectivity index (χ1n) is 8.20. The second-order valence-corrected chi connectivity index (χ2v) is 5.92. The fourth-order valence-electron chi connectivity index (χ4n) is 2.85. The van der Waals surface area contributed by atoms with E-state index in [2.05, 4.69) is 10.2 Å². The minimum atomic E-state index is -0.457. The monoisotopic (exact) mass is 337 g/mol. The average Bonchev–Trinajstić information content (AvgIpc) is 3.15. The molecular weight excluding hydrogens is 318 g/mol. The number of benzene rings is 2. The number of hydrogen-bond donors (Lipinski definition) is 1. The average molecular weight is 337 g/mol. The summed E-state index contributed by atoms with van der Waals surface area (Å²) in [6, 6.07) is 13.9. The molecule has 1 saturated heterocycles. The van der Waals surface area contributed by atoms with Crippen molar-refractivity contribution >= 4 is 29.0 Å². The van der Waals surface area contributed by atoms with Gasteiger partial charge in [-0.05, 0) is 42.7 Å². The molecule has 2 aromatic rings. The molecule has 0 unspecified atom stereocenters. The molecule has 1 amide bonds. The zero-order valence-corrected chi connectivity index (χ0v) is 13.7. The highest BCUT2D eigenvalue weighted by atomic mass is 16.6. The van der Waals surface area contributed by atoms with E-state index in [9.17, 15) is 14.9 Å². The summed E-state index contributed by atoms with van der Waals surface area (Å²) in [7, 11) is 0. The second-order valence-electron chi connectivity index (χ2n) is 5.92. The molecule has 0 bridgehead atoms. The molecule has 1 fully saturated rings. The highest BCUT2D eigenvalue weighted by Gasteiger charge is 2.12. The van der Waals surface area contributed by atoms with E-state index in [0.717, 1.165) is 24.5 Å². The van der Waals surface area contributed by atoms with Gasteiger partial charge in [-0.25, -0.2) is 0 Å². The van der Waals surface area contributed by atoms with Crippen LogP contribution >= 0.6 is 0 Å². The largest absolute Gasteiger partial charge is 0.371 e. The zero-order chi connectivity index (χ0) is 17.6. The Morgan fingerprint density at radius 1 is 1.12 bits per heavy atom. The van der Waals surface area contributed by atoms with Crippen LogP contribution in [0.15, 0.2) is 54.6 Å². The van der Waals surface area contributed by atoms with Gasteiger partial charge in [-0.3, -0.25) is 14.9 Å². The van der Waals surface area contributed by atoms with Gasteiger partial charge in [0.15, 0.2) is 0 Å². The van der Waals surface area contributed by atoms with Crippen LogP contribution in [0.2, 0.25) is 0 Å². The molecule has 0 saturated carbocycles. The van der Waals surface area contributed by atoms with E-state index in [-0.39, 0.29) is 11.6 Å². The van der Waals surface area contributed by atoms with Gasteiger partial charge in [0, 0.05) is 42.7 Å². The molecule has 0 radical (unpaired) electrons. The van der Waals surface area contributed by atoms with Gasteiger partial charge in [-0.1, -0.05) is 18.2 Å². The molecule has 6 heteroatoms.